The van der Waals surface area contributed by atoms with Crippen molar-refractivity contribution in [2.45, 2.75) is 98.4 Å². The van der Waals surface area contributed by atoms with Crippen LogP contribution in [0.1, 0.15) is 96.1 Å². The van der Waals surface area contributed by atoms with Crippen LogP contribution in [0.25, 0.3) is 22.1 Å². The average Bonchev–Trinajstić information content (AvgIpc) is 4.40. The molecule has 2 aliphatic carbocycles. The first-order chi connectivity index (χ1) is 37.4. The Labute approximate surface area is 462 Å². The maximum Gasteiger partial charge on any atom is 0.250 e. The number of nitrogens with two attached hydrogens (primary N) is 1. The summed E-state index contributed by atoms with van der Waals surface area (Å²) in [5, 5.41) is 7.48. The SMILES string of the molecule is Nc1ccc2c(c1)nc1n2CC[C@H]2[C@@H]1[C@H](c1cccc(Cl)c1F)[C@]1(C(=O)Nc3cc(Cl)ccc31)N2CC1CC1.O=C1Nc2cc(Cl)ccc2[C@@]12[C@@H](c1cccc(Cl)c1F)[C@@H]1c3nc4ccccc4n3CC[C@@H]1N2CC1CC1. The van der Waals surface area contributed by atoms with Gasteiger partial charge in [0, 0.05) is 100 Å². The van der Waals surface area contributed by atoms with Gasteiger partial charge in [-0.25, -0.2) is 18.7 Å². The Kier molecular flexibility index (Phi) is 10.9. The number of likely N-dealkylation sites (tertiary alicyclic amines) is 2. The molecule has 0 bridgehead atoms. The quantitative estimate of drug-likeness (QED) is 0.142. The predicted molar refractivity (Wildman–Crippen MR) is 297 cm³/mol. The molecular formula is C60H51Cl4F2N9O2. The van der Waals surface area contributed by atoms with Gasteiger partial charge in [-0.1, -0.05) is 94.9 Å². The molecular weight excluding hydrogens is 1060 g/mol. The van der Waals surface area contributed by atoms with Gasteiger partial charge < -0.3 is 25.5 Å². The van der Waals surface area contributed by atoms with Crippen LogP contribution in [0.15, 0.2) is 115 Å². The number of nitrogens with zero attached hydrogens (tertiary/aromatic N) is 6. The number of fused-ring (bicyclic) bond motifs is 14. The van der Waals surface area contributed by atoms with Crippen molar-refractivity contribution in [2.75, 3.05) is 29.5 Å². The first-order valence-corrected chi connectivity index (χ1v) is 28.2. The van der Waals surface area contributed by atoms with Gasteiger partial charge in [0.25, 0.3) is 0 Å². The number of aromatic nitrogens is 4. The molecule has 0 radical (unpaired) electrons. The van der Waals surface area contributed by atoms with Gasteiger partial charge in [-0.2, -0.15) is 0 Å². The number of carbonyl (C=O) groups excluding carboxylic acids is 2. The fourth-order valence-corrected chi connectivity index (χ4v) is 15.9. The second kappa shape index (κ2) is 17.5. The normalized spacial score (nSPS) is 27.8. The molecule has 6 aromatic carbocycles. The van der Waals surface area contributed by atoms with Crippen LogP contribution < -0.4 is 16.4 Å². The number of halogens is 6. The van der Waals surface area contributed by atoms with Crippen LogP contribution in [0.2, 0.25) is 20.1 Å². The molecule has 2 saturated carbocycles. The lowest BCUT2D eigenvalue weighted by atomic mass is 9.70. The van der Waals surface area contributed by atoms with E-state index in [2.05, 4.69) is 35.6 Å². The van der Waals surface area contributed by atoms with Gasteiger partial charge in [-0.3, -0.25) is 19.4 Å². The summed E-state index contributed by atoms with van der Waals surface area (Å²) < 4.78 is 36.7. The summed E-state index contributed by atoms with van der Waals surface area (Å²) in [7, 11) is 0. The van der Waals surface area contributed by atoms with E-state index in [1.165, 1.54) is 0 Å². The van der Waals surface area contributed by atoms with E-state index >= 15 is 8.78 Å². The molecule has 2 amide bonds. The Morgan fingerprint density at radius 1 is 0.558 bits per heavy atom. The van der Waals surface area contributed by atoms with Gasteiger partial charge >= 0.3 is 0 Å². The van der Waals surface area contributed by atoms with Crippen molar-refractivity contribution in [3.8, 4) is 0 Å². The average molecular weight is 1110 g/mol. The molecule has 16 rings (SSSR count). The summed E-state index contributed by atoms with van der Waals surface area (Å²) in [5.41, 5.74) is 12.3. The van der Waals surface area contributed by atoms with Gasteiger partial charge in [0.15, 0.2) is 0 Å². The Morgan fingerprint density at radius 3 is 1.55 bits per heavy atom. The number of imidazole rings is 2. The molecule has 2 aromatic heterocycles. The lowest BCUT2D eigenvalue weighted by Gasteiger charge is -2.40. The van der Waals surface area contributed by atoms with E-state index in [9.17, 15) is 9.59 Å². The molecule has 11 nitrogen and oxygen atoms in total. The van der Waals surface area contributed by atoms with Crippen molar-refractivity contribution in [1.29, 1.82) is 0 Å². The number of anilines is 3. The van der Waals surface area contributed by atoms with E-state index in [4.69, 9.17) is 62.1 Å². The molecule has 0 unspecified atom stereocenters. The van der Waals surface area contributed by atoms with Crippen LogP contribution in [0, 0.1) is 23.5 Å². The fourth-order valence-electron chi connectivity index (χ4n) is 15.2. The zero-order valence-electron chi connectivity index (χ0n) is 41.5. The van der Waals surface area contributed by atoms with E-state index < -0.39 is 34.5 Å². The van der Waals surface area contributed by atoms with Gasteiger partial charge in [-0.15, -0.1) is 0 Å². The van der Waals surface area contributed by atoms with Crippen molar-refractivity contribution in [1.82, 2.24) is 28.9 Å². The molecule has 8 heterocycles. The number of benzene rings is 6. The maximum absolute atomic E-state index is 16.1. The highest BCUT2D eigenvalue weighted by atomic mass is 35.5. The Bertz CT molecular complexity index is 3840. The Balaban J connectivity index is 0.000000134. The molecule has 4 fully saturated rings. The van der Waals surface area contributed by atoms with E-state index in [0.29, 0.717) is 50.1 Å². The first kappa shape index (κ1) is 48.1. The number of nitrogens with one attached hydrogen (secondary N) is 2. The van der Waals surface area contributed by atoms with Crippen molar-refractivity contribution >= 4 is 97.3 Å². The lowest BCUT2D eigenvalue weighted by molar-refractivity contribution is -0.128. The summed E-state index contributed by atoms with van der Waals surface area (Å²) in [6, 6.07) is 35.3. The zero-order chi connectivity index (χ0) is 52.4. The fraction of sp³-hybridized carbons (Fsp3) is 0.333. The molecule has 77 heavy (non-hydrogen) atoms. The second-order valence-electron chi connectivity index (χ2n) is 22.5. The minimum absolute atomic E-state index is 0.0111. The molecule has 6 aliphatic heterocycles. The topological polar surface area (TPSA) is 126 Å². The maximum atomic E-state index is 16.1. The first-order valence-electron chi connectivity index (χ1n) is 26.7. The molecule has 390 valence electrons. The van der Waals surface area contributed by atoms with E-state index in [1.807, 2.05) is 60.7 Å². The molecule has 17 heteroatoms. The number of carbonyl (C=O) groups is 2. The van der Waals surface area contributed by atoms with Crippen molar-refractivity contribution in [3.63, 3.8) is 0 Å². The van der Waals surface area contributed by atoms with E-state index in [1.54, 1.807) is 48.5 Å². The third-order valence-corrected chi connectivity index (χ3v) is 19.5. The molecule has 8 atom stereocenters. The largest absolute Gasteiger partial charge is 0.399 e. The number of hydrogen-bond acceptors (Lipinski definition) is 7. The third-order valence-electron chi connectivity index (χ3n) is 18.4. The van der Waals surface area contributed by atoms with Gasteiger partial charge in [-0.05, 0) is 128 Å². The van der Waals surface area contributed by atoms with Crippen LogP contribution >= 0.6 is 46.4 Å². The monoisotopic (exact) mass is 1110 g/mol. The van der Waals surface area contributed by atoms with E-state index in [0.717, 1.165) is 110 Å². The number of nitrogen functional groups attached to an aromatic ring is 1. The van der Waals surface area contributed by atoms with E-state index in [-0.39, 0.29) is 45.8 Å². The standard InChI is InChI=1S/C30H26Cl2FN5O.C30H25Cl2FN4O/c31-16-6-8-19-21(12-16)36-29(39)30(19)26(18-2-1-3-20(32)27(18)33)25-24(38(30)14-15-4-5-15)10-11-37-23-9-7-17(34)13-22(23)35-28(25)37;31-17-10-11-19-22(14-17)35-29(38)30(19)26(18-4-3-5-20(32)27(18)33)25-24(37(30)15-16-8-9-16)12-13-36-23-7-2-1-6-21(23)34-28(25)36/h1-3,6-9,12-13,15,24-26H,4-5,10-11,14,34H2,(H,36,39);1-7,10-11,14,16,24-26H,8-9,12-13,15H2,(H,35,38)/t2*24-,25+,26-,30+/m00/s1. The van der Waals surface area contributed by atoms with Gasteiger partial charge in [0.05, 0.1) is 32.1 Å². The molecule has 8 aromatic rings. The van der Waals surface area contributed by atoms with Gasteiger partial charge in [0.1, 0.15) is 34.4 Å². The minimum atomic E-state index is -1.13. The minimum Gasteiger partial charge on any atom is -0.399 e. The number of hydrogen-bond donors (Lipinski definition) is 3. The molecule has 2 saturated heterocycles. The van der Waals surface area contributed by atoms with Crippen molar-refractivity contribution < 1.29 is 18.4 Å². The smallest absolute Gasteiger partial charge is 0.250 e. The van der Waals surface area contributed by atoms with Gasteiger partial charge in [0.2, 0.25) is 11.8 Å². The van der Waals surface area contributed by atoms with Crippen LogP contribution in [0.4, 0.5) is 25.8 Å². The highest BCUT2D eigenvalue weighted by Crippen LogP contribution is 2.67. The molecule has 2 spiro atoms. The van der Waals surface area contributed by atoms with Crippen LogP contribution in [0.3, 0.4) is 0 Å². The third kappa shape index (κ3) is 6.92. The summed E-state index contributed by atoms with van der Waals surface area (Å²) in [6.07, 6.45) is 6.22. The second-order valence-corrected chi connectivity index (χ2v) is 24.2. The summed E-state index contributed by atoms with van der Waals surface area (Å²) in [4.78, 5) is 43.9. The summed E-state index contributed by atoms with van der Waals surface area (Å²) >= 11 is 25.5. The predicted octanol–water partition coefficient (Wildman–Crippen LogP) is 13.0. The highest BCUT2D eigenvalue weighted by Gasteiger charge is 2.71. The number of rotatable bonds is 6. The number of aryl methyl sites for hydroxylation is 2. The Morgan fingerprint density at radius 2 is 1.04 bits per heavy atom. The lowest BCUT2D eigenvalue weighted by Crippen LogP contribution is -2.53. The van der Waals surface area contributed by atoms with Crippen LogP contribution in [0.5, 0.6) is 0 Å². The van der Waals surface area contributed by atoms with Crippen molar-refractivity contribution in [2.24, 2.45) is 11.8 Å². The summed E-state index contributed by atoms with van der Waals surface area (Å²) in [5.74, 6) is 0.0696. The molecule has 8 aliphatic rings. The Hall–Kier alpha value is -6.06. The van der Waals surface area contributed by atoms with Crippen molar-refractivity contribution in [3.05, 3.63) is 181 Å². The zero-order valence-corrected chi connectivity index (χ0v) is 44.5. The number of amides is 2. The number of para-hydroxylation sites is 2. The van der Waals surface area contributed by atoms with Crippen LogP contribution in [-0.4, -0.2) is 65.9 Å². The highest BCUT2D eigenvalue weighted by molar-refractivity contribution is 6.32. The summed E-state index contributed by atoms with van der Waals surface area (Å²) in [6.45, 7) is 3.11. The molecule has 4 N–H and O–H groups in total. The van der Waals surface area contributed by atoms with Crippen LogP contribution in [-0.2, 0) is 33.8 Å².